The first-order valence-electron chi connectivity index (χ1n) is 7.17. The Labute approximate surface area is 144 Å². The molecule has 3 rings (SSSR count). The van der Waals surface area contributed by atoms with Gasteiger partial charge in [-0.1, -0.05) is 53.6 Å². The van der Waals surface area contributed by atoms with E-state index in [0.29, 0.717) is 10.7 Å². The summed E-state index contributed by atoms with van der Waals surface area (Å²) in [5.41, 5.74) is 3.66. The van der Waals surface area contributed by atoms with E-state index in [1.165, 1.54) is 5.56 Å². The summed E-state index contributed by atoms with van der Waals surface area (Å²) in [4.78, 5) is 16.7. The molecular weight excluding hydrogens is 328 g/mol. The summed E-state index contributed by atoms with van der Waals surface area (Å²) in [5.74, 6) is -0.126. The monoisotopic (exact) mass is 342 g/mol. The van der Waals surface area contributed by atoms with E-state index in [2.05, 4.69) is 29.4 Å². The van der Waals surface area contributed by atoms with Gasteiger partial charge in [0.05, 0.1) is 22.8 Å². The van der Waals surface area contributed by atoms with Gasteiger partial charge in [-0.25, -0.2) is 4.98 Å². The predicted molar refractivity (Wildman–Crippen MR) is 96.1 cm³/mol. The molecule has 23 heavy (non-hydrogen) atoms. The van der Waals surface area contributed by atoms with Gasteiger partial charge in [-0.15, -0.1) is 11.3 Å². The third kappa shape index (κ3) is 3.97. The molecule has 0 spiro atoms. The summed E-state index contributed by atoms with van der Waals surface area (Å²) in [6, 6.07) is 15.4. The molecule has 0 radical (unpaired) electrons. The van der Waals surface area contributed by atoms with Gasteiger partial charge < -0.3 is 5.32 Å². The van der Waals surface area contributed by atoms with E-state index < -0.39 is 0 Å². The number of anilines is 1. The van der Waals surface area contributed by atoms with E-state index in [-0.39, 0.29) is 12.3 Å². The number of nitrogens with zero attached hydrogens (tertiary/aromatic N) is 1. The van der Waals surface area contributed by atoms with Crippen LogP contribution in [0.15, 0.2) is 53.9 Å². The summed E-state index contributed by atoms with van der Waals surface area (Å²) in [5, 5.41) is 6.18. The molecule has 3 nitrogen and oxygen atoms in total. The molecule has 2 aromatic carbocycles. The van der Waals surface area contributed by atoms with Gasteiger partial charge in [0.2, 0.25) is 5.91 Å². The molecule has 1 amide bonds. The quantitative estimate of drug-likeness (QED) is 0.728. The Morgan fingerprint density at radius 1 is 1.17 bits per heavy atom. The first-order chi connectivity index (χ1) is 11.1. The highest BCUT2D eigenvalue weighted by Gasteiger charge is 2.10. The number of para-hydroxylation sites is 1. The number of carbonyl (C=O) groups is 1. The van der Waals surface area contributed by atoms with Gasteiger partial charge >= 0.3 is 0 Å². The Bertz CT molecular complexity index is 827. The number of rotatable bonds is 4. The fraction of sp³-hybridized carbons (Fsp3) is 0.111. The molecule has 0 saturated carbocycles. The summed E-state index contributed by atoms with van der Waals surface area (Å²) < 4.78 is 0. The predicted octanol–water partition coefficient (Wildman–Crippen LogP) is 4.95. The maximum Gasteiger partial charge on any atom is 0.230 e. The Morgan fingerprint density at radius 3 is 2.65 bits per heavy atom. The molecule has 0 aliphatic heterocycles. The standard InChI is InChI=1S/C18H15ClN2OS/c1-12-6-8-13(9-7-12)18-20-14(11-23-18)10-17(22)21-16-5-3-2-4-15(16)19/h2-9,11H,10H2,1H3,(H,21,22). The molecule has 1 N–H and O–H groups in total. The van der Waals surface area contributed by atoms with Crippen LogP contribution in [0.1, 0.15) is 11.3 Å². The average Bonchev–Trinajstić information content (AvgIpc) is 2.98. The lowest BCUT2D eigenvalue weighted by Gasteiger charge is -2.05. The van der Waals surface area contributed by atoms with Crippen molar-refractivity contribution in [2.24, 2.45) is 0 Å². The molecule has 3 aromatic rings. The second-order valence-corrected chi connectivity index (χ2v) is 6.48. The van der Waals surface area contributed by atoms with E-state index >= 15 is 0 Å². The third-order valence-corrected chi connectivity index (χ3v) is 4.61. The number of hydrogen-bond donors (Lipinski definition) is 1. The van der Waals surface area contributed by atoms with Crippen molar-refractivity contribution in [3.8, 4) is 10.6 Å². The fourth-order valence-electron chi connectivity index (χ4n) is 2.14. The van der Waals surface area contributed by atoms with Gasteiger partial charge in [0.15, 0.2) is 0 Å². The van der Waals surface area contributed by atoms with Crippen molar-refractivity contribution in [3.63, 3.8) is 0 Å². The number of aryl methyl sites for hydroxylation is 1. The second-order valence-electron chi connectivity index (χ2n) is 5.21. The van der Waals surface area contributed by atoms with Crippen molar-refractivity contribution < 1.29 is 4.79 Å². The minimum absolute atomic E-state index is 0.126. The number of aromatic nitrogens is 1. The van der Waals surface area contributed by atoms with Crippen LogP contribution < -0.4 is 5.32 Å². The lowest BCUT2D eigenvalue weighted by atomic mass is 10.2. The van der Waals surface area contributed by atoms with Crippen molar-refractivity contribution in [2.45, 2.75) is 13.3 Å². The average molecular weight is 343 g/mol. The van der Waals surface area contributed by atoms with Gasteiger partial charge in [-0.3, -0.25) is 4.79 Å². The van der Waals surface area contributed by atoms with Gasteiger partial charge in [0.1, 0.15) is 5.01 Å². The SMILES string of the molecule is Cc1ccc(-c2nc(CC(=O)Nc3ccccc3Cl)cs2)cc1. The smallest absolute Gasteiger partial charge is 0.230 e. The fourth-order valence-corrected chi connectivity index (χ4v) is 3.15. The molecule has 0 aliphatic rings. The minimum atomic E-state index is -0.126. The van der Waals surface area contributed by atoms with Gasteiger partial charge in [0, 0.05) is 10.9 Å². The number of nitrogens with one attached hydrogen (secondary N) is 1. The van der Waals surface area contributed by atoms with Crippen LogP contribution in [0.2, 0.25) is 5.02 Å². The Kier molecular flexibility index (Phi) is 4.74. The van der Waals surface area contributed by atoms with Crippen LogP contribution in [-0.2, 0) is 11.2 Å². The summed E-state index contributed by atoms with van der Waals surface area (Å²) in [6.07, 6.45) is 0.230. The molecule has 0 fully saturated rings. The lowest BCUT2D eigenvalue weighted by Crippen LogP contribution is -2.14. The molecule has 116 valence electrons. The number of hydrogen-bond acceptors (Lipinski definition) is 3. The summed E-state index contributed by atoms with van der Waals surface area (Å²) >= 11 is 7.58. The highest BCUT2D eigenvalue weighted by molar-refractivity contribution is 7.13. The van der Waals surface area contributed by atoms with Crippen LogP contribution in [-0.4, -0.2) is 10.9 Å². The molecule has 1 heterocycles. The van der Waals surface area contributed by atoms with E-state index in [9.17, 15) is 4.79 Å². The maximum atomic E-state index is 12.1. The van der Waals surface area contributed by atoms with Crippen LogP contribution >= 0.6 is 22.9 Å². The summed E-state index contributed by atoms with van der Waals surface area (Å²) in [6.45, 7) is 2.05. The summed E-state index contributed by atoms with van der Waals surface area (Å²) in [7, 11) is 0. The Balaban J connectivity index is 1.68. The molecule has 0 saturated heterocycles. The molecule has 0 unspecified atom stereocenters. The van der Waals surface area contributed by atoms with E-state index in [0.717, 1.165) is 16.3 Å². The van der Waals surface area contributed by atoms with Gasteiger partial charge in [0.25, 0.3) is 0 Å². The highest BCUT2D eigenvalue weighted by atomic mass is 35.5. The molecule has 1 aromatic heterocycles. The topological polar surface area (TPSA) is 42.0 Å². The van der Waals surface area contributed by atoms with Crippen LogP contribution in [0.4, 0.5) is 5.69 Å². The van der Waals surface area contributed by atoms with E-state index in [1.807, 2.05) is 29.6 Å². The van der Waals surface area contributed by atoms with Crippen molar-refractivity contribution in [3.05, 3.63) is 70.2 Å². The lowest BCUT2D eigenvalue weighted by molar-refractivity contribution is -0.115. The Hall–Kier alpha value is -2.17. The van der Waals surface area contributed by atoms with Crippen molar-refractivity contribution in [1.82, 2.24) is 4.98 Å². The molecule has 0 bridgehead atoms. The zero-order valence-electron chi connectivity index (χ0n) is 12.5. The number of thiazole rings is 1. The van der Waals surface area contributed by atoms with Crippen LogP contribution in [0.5, 0.6) is 0 Å². The molecule has 0 atom stereocenters. The number of amides is 1. The number of benzene rings is 2. The van der Waals surface area contributed by atoms with Gasteiger partial charge in [-0.05, 0) is 19.1 Å². The highest BCUT2D eigenvalue weighted by Crippen LogP contribution is 2.25. The van der Waals surface area contributed by atoms with Gasteiger partial charge in [-0.2, -0.15) is 0 Å². The molecule has 0 aliphatic carbocycles. The van der Waals surface area contributed by atoms with Crippen LogP contribution in [0.3, 0.4) is 0 Å². The molecule has 5 heteroatoms. The van der Waals surface area contributed by atoms with Crippen molar-refractivity contribution in [1.29, 1.82) is 0 Å². The van der Waals surface area contributed by atoms with E-state index in [1.54, 1.807) is 23.5 Å². The largest absolute Gasteiger partial charge is 0.324 e. The first-order valence-corrected chi connectivity index (χ1v) is 8.43. The van der Waals surface area contributed by atoms with Crippen LogP contribution in [0.25, 0.3) is 10.6 Å². The zero-order valence-corrected chi connectivity index (χ0v) is 14.1. The molecular formula is C18H15ClN2OS. The normalized spacial score (nSPS) is 10.5. The second kappa shape index (κ2) is 6.94. The Morgan fingerprint density at radius 2 is 1.91 bits per heavy atom. The van der Waals surface area contributed by atoms with Crippen molar-refractivity contribution >= 4 is 34.5 Å². The zero-order chi connectivity index (χ0) is 16.2. The first kappa shape index (κ1) is 15.7. The number of carbonyl (C=O) groups excluding carboxylic acids is 1. The third-order valence-electron chi connectivity index (χ3n) is 3.34. The van der Waals surface area contributed by atoms with E-state index in [4.69, 9.17) is 11.6 Å². The maximum absolute atomic E-state index is 12.1. The minimum Gasteiger partial charge on any atom is -0.324 e. The van der Waals surface area contributed by atoms with Crippen molar-refractivity contribution in [2.75, 3.05) is 5.32 Å². The van der Waals surface area contributed by atoms with Crippen LogP contribution in [0, 0.1) is 6.92 Å². The number of halogens is 1.